The van der Waals surface area contributed by atoms with Gasteiger partial charge in [0.15, 0.2) is 0 Å². The van der Waals surface area contributed by atoms with E-state index in [1.165, 1.54) is 83.5 Å². The molecule has 0 aliphatic heterocycles. The van der Waals surface area contributed by atoms with E-state index < -0.39 is 6.10 Å². The van der Waals surface area contributed by atoms with Crippen LogP contribution in [0.4, 0.5) is 0 Å². The molecule has 1 N–H and O–H groups in total. The van der Waals surface area contributed by atoms with Gasteiger partial charge in [-0.25, -0.2) is 0 Å². The van der Waals surface area contributed by atoms with Gasteiger partial charge in [0.25, 0.3) is 0 Å². The molecule has 0 saturated carbocycles. The van der Waals surface area contributed by atoms with E-state index in [0.29, 0.717) is 12.8 Å². The maximum Gasteiger partial charge on any atom is 0.305 e. The fourth-order valence-corrected chi connectivity index (χ4v) is 4.48. The summed E-state index contributed by atoms with van der Waals surface area (Å²) >= 11 is 0. The first kappa shape index (κ1) is 35.9. The number of hydrogen-bond acceptors (Lipinski definition) is 5. The number of carbonyl (C=O) groups excluding carboxylic acids is 2. The maximum atomic E-state index is 11.9. The lowest BCUT2D eigenvalue weighted by Gasteiger charge is -2.12. The van der Waals surface area contributed by atoms with Gasteiger partial charge in [-0.15, -0.1) is 0 Å². The molecule has 0 saturated heterocycles. The summed E-state index contributed by atoms with van der Waals surface area (Å²) in [7, 11) is 0. The molecule has 0 aliphatic carbocycles. The number of hydrogen-bond donors (Lipinski definition) is 1. The number of aliphatic hydroxyl groups is 1. The molecule has 0 rings (SSSR count). The van der Waals surface area contributed by atoms with E-state index >= 15 is 0 Å². The molecule has 5 nitrogen and oxygen atoms in total. The molecule has 0 fully saturated rings. The zero-order chi connectivity index (χ0) is 27.6. The van der Waals surface area contributed by atoms with Crippen LogP contribution in [0.15, 0.2) is 0 Å². The highest BCUT2D eigenvalue weighted by Crippen LogP contribution is 2.16. The number of unbranched alkanes of at least 4 members (excludes halogenated alkanes) is 14. The summed E-state index contributed by atoms with van der Waals surface area (Å²) in [5.41, 5.74) is 0. The predicted molar refractivity (Wildman–Crippen MR) is 155 cm³/mol. The van der Waals surface area contributed by atoms with Crippen LogP contribution in [0, 0.1) is 11.8 Å². The quantitative estimate of drug-likeness (QED) is 0.0854. The fraction of sp³-hybridized carbons (Fsp3) is 0.938. The summed E-state index contributed by atoms with van der Waals surface area (Å²) < 4.78 is 10.2. The molecule has 0 aliphatic rings. The minimum absolute atomic E-state index is 0.111. The normalized spacial score (nSPS) is 13.0. The van der Waals surface area contributed by atoms with Gasteiger partial charge in [-0.2, -0.15) is 0 Å². The number of carbonyl (C=O) groups is 2. The van der Waals surface area contributed by atoms with Crippen LogP contribution in [0.2, 0.25) is 0 Å². The molecule has 5 heteroatoms. The molecule has 0 aromatic heterocycles. The molecule has 1 unspecified atom stereocenters. The van der Waals surface area contributed by atoms with Crippen molar-refractivity contribution in [1.29, 1.82) is 0 Å². The zero-order valence-corrected chi connectivity index (χ0v) is 25.1. The van der Waals surface area contributed by atoms with Crippen molar-refractivity contribution in [1.82, 2.24) is 0 Å². The van der Waals surface area contributed by atoms with E-state index in [-0.39, 0.29) is 25.2 Å². The van der Waals surface area contributed by atoms with Crippen molar-refractivity contribution in [3.05, 3.63) is 0 Å². The smallest absolute Gasteiger partial charge is 0.305 e. The first-order chi connectivity index (χ1) is 17.8. The molecule has 2 atom stereocenters. The summed E-state index contributed by atoms with van der Waals surface area (Å²) in [5.74, 6) is 1.09. The van der Waals surface area contributed by atoms with Gasteiger partial charge in [0, 0.05) is 12.8 Å². The average molecular weight is 527 g/mol. The first-order valence-corrected chi connectivity index (χ1v) is 15.8. The summed E-state index contributed by atoms with van der Waals surface area (Å²) in [6.45, 7) is 8.92. The highest BCUT2D eigenvalue weighted by molar-refractivity contribution is 5.69. The van der Waals surface area contributed by atoms with Crippen LogP contribution in [0.5, 0.6) is 0 Å². The van der Waals surface area contributed by atoms with E-state index in [0.717, 1.165) is 50.4 Å². The van der Waals surface area contributed by atoms with Crippen LogP contribution in [0.3, 0.4) is 0 Å². The largest absolute Gasteiger partial charge is 0.463 e. The maximum absolute atomic E-state index is 11.9. The van der Waals surface area contributed by atoms with Crippen molar-refractivity contribution >= 4 is 11.9 Å². The molecular weight excluding hydrogens is 464 g/mol. The third-order valence-corrected chi connectivity index (χ3v) is 7.31. The molecule has 0 bridgehead atoms. The third-order valence-electron chi connectivity index (χ3n) is 7.31. The topological polar surface area (TPSA) is 72.8 Å². The van der Waals surface area contributed by atoms with Crippen LogP contribution >= 0.6 is 0 Å². The number of rotatable bonds is 27. The molecular formula is C32H62O5. The summed E-state index contributed by atoms with van der Waals surface area (Å²) in [6.07, 6.45) is 23.0. The minimum Gasteiger partial charge on any atom is -0.463 e. The number of ether oxygens (including phenoxy) is 2. The van der Waals surface area contributed by atoms with Crippen molar-refractivity contribution in [3.8, 4) is 0 Å². The minimum atomic E-state index is -0.955. The van der Waals surface area contributed by atoms with Crippen LogP contribution in [0.25, 0.3) is 0 Å². The van der Waals surface area contributed by atoms with E-state index in [4.69, 9.17) is 9.47 Å². The lowest BCUT2D eigenvalue weighted by atomic mass is 9.99. The van der Waals surface area contributed by atoms with E-state index in [1.54, 1.807) is 0 Å². The van der Waals surface area contributed by atoms with Gasteiger partial charge in [-0.1, -0.05) is 137 Å². The van der Waals surface area contributed by atoms with Crippen LogP contribution in [-0.4, -0.2) is 36.4 Å². The van der Waals surface area contributed by atoms with Gasteiger partial charge >= 0.3 is 11.9 Å². The highest BCUT2D eigenvalue weighted by Gasteiger charge is 2.12. The highest BCUT2D eigenvalue weighted by atomic mass is 16.6. The van der Waals surface area contributed by atoms with Crippen molar-refractivity contribution in [2.24, 2.45) is 11.8 Å². The second kappa shape index (κ2) is 26.5. The van der Waals surface area contributed by atoms with E-state index in [9.17, 15) is 14.7 Å². The van der Waals surface area contributed by atoms with Gasteiger partial charge in [-0.05, 0) is 24.7 Å². The lowest BCUT2D eigenvalue weighted by Crippen LogP contribution is -2.25. The van der Waals surface area contributed by atoms with Gasteiger partial charge in [0.05, 0.1) is 0 Å². The second-order valence-electron chi connectivity index (χ2n) is 11.7. The van der Waals surface area contributed by atoms with Crippen LogP contribution in [-0.2, 0) is 19.1 Å². The molecule has 0 radical (unpaired) electrons. The summed E-state index contributed by atoms with van der Waals surface area (Å²) in [4.78, 5) is 23.7. The molecule has 220 valence electrons. The first-order valence-electron chi connectivity index (χ1n) is 15.8. The SMILES string of the molecule is CCC(C)CCCCCCCCCCCCC(=O)OC[C@H](O)COC(=O)CCCCCCCCC(C)C. The van der Waals surface area contributed by atoms with Gasteiger partial charge in [0.2, 0.25) is 0 Å². The molecule has 0 aromatic rings. The van der Waals surface area contributed by atoms with Gasteiger partial charge in [0.1, 0.15) is 19.3 Å². The van der Waals surface area contributed by atoms with Gasteiger partial charge in [-0.3, -0.25) is 9.59 Å². The average Bonchev–Trinajstić information content (AvgIpc) is 2.87. The monoisotopic (exact) mass is 526 g/mol. The van der Waals surface area contributed by atoms with Crippen molar-refractivity contribution in [3.63, 3.8) is 0 Å². The fourth-order valence-electron chi connectivity index (χ4n) is 4.48. The number of esters is 2. The van der Waals surface area contributed by atoms with E-state index in [2.05, 4.69) is 27.7 Å². The Hall–Kier alpha value is -1.10. The second-order valence-corrected chi connectivity index (χ2v) is 11.7. The molecule has 37 heavy (non-hydrogen) atoms. The zero-order valence-electron chi connectivity index (χ0n) is 25.1. The predicted octanol–water partition coefficient (Wildman–Crippen LogP) is 8.94. The molecule has 0 aromatic carbocycles. The Bertz CT molecular complexity index is 519. The van der Waals surface area contributed by atoms with Crippen molar-refractivity contribution < 1.29 is 24.2 Å². The Morgan fingerprint density at radius 2 is 0.919 bits per heavy atom. The Balaban J connectivity index is 3.44. The Labute approximate surface area is 229 Å². The molecule has 0 amide bonds. The third kappa shape index (κ3) is 27.7. The van der Waals surface area contributed by atoms with Crippen molar-refractivity contribution in [2.75, 3.05) is 13.2 Å². The molecule has 0 heterocycles. The summed E-state index contributed by atoms with van der Waals surface area (Å²) in [5, 5.41) is 9.92. The summed E-state index contributed by atoms with van der Waals surface area (Å²) in [6, 6.07) is 0. The lowest BCUT2D eigenvalue weighted by molar-refractivity contribution is -0.152. The number of aliphatic hydroxyl groups excluding tert-OH is 1. The van der Waals surface area contributed by atoms with Crippen LogP contribution in [0.1, 0.15) is 163 Å². The standard InChI is InChI=1S/C32H62O5/c1-5-29(4)23-19-15-10-8-6-7-9-11-16-20-24-31(34)36-26-30(33)27-37-32(35)25-21-17-13-12-14-18-22-28(2)3/h28-30,33H,5-27H2,1-4H3/t29?,30-/m0/s1. The van der Waals surface area contributed by atoms with Crippen LogP contribution < -0.4 is 0 Å². The Morgan fingerprint density at radius 1 is 0.568 bits per heavy atom. The molecule has 0 spiro atoms. The van der Waals surface area contributed by atoms with Crippen molar-refractivity contribution in [2.45, 2.75) is 169 Å². The van der Waals surface area contributed by atoms with E-state index in [1.807, 2.05) is 0 Å². The Kier molecular flexibility index (Phi) is 25.7. The Morgan fingerprint density at radius 3 is 1.30 bits per heavy atom. The van der Waals surface area contributed by atoms with Gasteiger partial charge < -0.3 is 14.6 Å².